The maximum atomic E-state index is 5.81. The normalized spacial score (nSPS) is 15.0. The van der Waals surface area contributed by atoms with Crippen LogP contribution >= 0.6 is 0 Å². The first kappa shape index (κ1) is 12.4. The van der Waals surface area contributed by atoms with Gasteiger partial charge in [-0.1, -0.05) is 30.3 Å². The SMILES string of the molecule is c1ccc(Cn2cnc3cc(OC4COC4)ccc32)cc1. The highest BCUT2D eigenvalue weighted by Crippen LogP contribution is 2.22. The van der Waals surface area contributed by atoms with E-state index in [0.717, 1.165) is 23.3 Å². The van der Waals surface area contributed by atoms with Crippen molar-refractivity contribution >= 4 is 11.0 Å². The summed E-state index contributed by atoms with van der Waals surface area (Å²) in [4.78, 5) is 4.48. The van der Waals surface area contributed by atoms with Gasteiger partial charge in [-0.2, -0.15) is 0 Å². The number of rotatable bonds is 4. The molecular weight excluding hydrogens is 264 g/mol. The molecule has 1 saturated heterocycles. The Morgan fingerprint density at radius 3 is 2.76 bits per heavy atom. The van der Waals surface area contributed by atoms with E-state index in [1.54, 1.807) is 0 Å². The van der Waals surface area contributed by atoms with E-state index in [2.05, 4.69) is 39.9 Å². The molecule has 2 aromatic carbocycles. The molecule has 2 heterocycles. The first-order valence-electron chi connectivity index (χ1n) is 7.12. The second-order valence-corrected chi connectivity index (χ2v) is 5.29. The molecule has 0 spiro atoms. The van der Waals surface area contributed by atoms with Crippen LogP contribution in [-0.4, -0.2) is 28.9 Å². The highest BCUT2D eigenvalue weighted by Gasteiger charge is 2.20. The fourth-order valence-corrected chi connectivity index (χ4v) is 2.50. The van der Waals surface area contributed by atoms with Gasteiger partial charge in [0.05, 0.1) is 30.6 Å². The third-order valence-electron chi connectivity index (χ3n) is 3.70. The lowest BCUT2D eigenvalue weighted by Crippen LogP contribution is -2.38. The number of aromatic nitrogens is 2. The predicted molar refractivity (Wildman–Crippen MR) is 80.5 cm³/mol. The van der Waals surface area contributed by atoms with Crippen molar-refractivity contribution < 1.29 is 9.47 Å². The summed E-state index contributed by atoms with van der Waals surface area (Å²) in [5, 5.41) is 0. The molecule has 0 N–H and O–H groups in total. The Balaban J connectivity index is 1.59. The van der Waals surface area contributed by atoms with Crippen LogP contribution in [0.2, 0.25) is 0 Å². The third kappa shape index (κ3) is 2.50. The van der Waals surface area contributed by atoms with Crippen LogP contribution in [0.25, 0.3) is 11.0 Å². The zero-order valence-electron chi connectivity index (χ0n) is 11.6. The largest absolute Gasteiger partial charge is 0.486 e. The van der Waals surface area contributed by atoms with Crippen LogP contribution in [0, 0.1) is 0 Å². The molecule has 4 nitrogen and oxygen atoms in total. The van der Waals surface area contributed by atoms with Crippen molar-refractivity contribution in [2.75, 3.05) is 13.2 Å². The fraction of sp³-hybridized carbons (Fsp3) is 0.235. The van der Waals surface area contributed by atoms with Gasteiger partial charge in [0.1, 0.15) is 11.9 Å². The van der Waals surface area contributed by atoms with Crippen molar-refractivity contribution in [3.8, 4) is 5.75 Å². The molecule has 1 aliphatic rings. The molecule has 106 valence electrons. The van der Waals surface area contributed by atoms with Crippen LogP contribution in [0.1, 0.15) is 5.56 Å². The first-order valence-corrected chi connectivity index (χ1v) is 7.12. The molecule has 3 aromatic rings. The van der Waals surface area contributed by atoms with Gasteiger partial charge in [0.25, 0.3) is 0 Å². The molecule has 0 bridgehead atoms. The van der Waals surface area contributed by atoms with Crippen LogP contribution in [0.5, 0.6) is 5.75 Å². The Morgan fingerprint density at radius 1 is 1.14 bits per heavy atom. The summed E-state index contributed by atoms with van der Waals surface area (Å²) in [6.07, 6.45) is 2.07. The lowest BCUT2D eigenvalue weighted by Gasteiger charge is -2.26. The van der Waals surface area contributed by atoms with Crippen molar-refractivity contribution in [3.63, 3.8) is 0 Å². The minimum atomic E-state index is 0.189. The van der Waals surface area contributed by atoms with Gasteiger partial charge in [0.15, 0.2) is 0 Å². The lowest BCUT2D eigenvalue weighted by molar-refractivity contribution is -0.0796. The number of ether oxygens (including phenoxy) is 2. The number of nitrogens with zero attached hydrogens (tertiary/aromatic N) is 2. The Morgan fingerprint density at radius 2 is 2.00 bits per heavy atom. The van der Waals surface area contributed by atoms with Gasteiger partial charge in [-0.05, 0) is 17.7 Å². The number of benzene rings is 2. The molecule has 1 aliphatic heterocycles. The summed E-state index contributed by atoms with van der Waals surface area (Å²) >= 11 is 0. The van der Waals surface area contributed by atoms with Crippen LogP contribution in [-0.2, 0) is 11.3 Å². The van der Waals surface area contributed by atoms with Gasteiger partial charge in [-0.3, -0.25) is 0 Å². The van der Waals surface area contributed by atoms with Crippen molar-refractivity contribution in [3.05, 3.63) is 60.4 Å². The predicted octanol–water partition coefficient (Wildman–Crippen LogP) is 2.86. The van der Waals surface area contributed by atoms with E-state index >= 15 is 0 Å². The summed E-state index contributed by atoms with van der Waals surface area (Å²) < 4.78 is 13.1. The number of imidazole rings is 1. The Labute approximate surface area is 122 Å². The molecule has 0 amide bonds. The maximum absolute atomic E-state index is 5.81. The summed E-state index contributed by atoms with van der Waals surface area (Å²) in [7, 11) is 0. The quantitative estimate of drug-likeness (QED) is 0.737. The Kier molecular flexibility index (Phi) is 3.09. The van der Waals surface area contributed by atoms with E-state index in [0.29, 0.717) is 13.2 Å². The lowest BCUT2D eigenvalue weighted by atomic mass is 10.2. The monoisotopic (exact) mass is 280 g/mol. The van der Waals surface area contributed by atoms with Crippen LogP contribution in [0.15, 0.2) is 54.9 Å². The molecule has 1 fully saturated rings. The van der Waals surface area contributed by atoms with Gasteiger partial charge in [0, 0.05) is 12.6 Å². The van der Waals surface area contributed by atoms with Crippen molar-refractivity contribution in [2.45, 2.75) is 12.6 Å². The van der Waals surface area contributed by atoms with Gasteiger partial charge < -0.3 is 14.0 Å². The van der Waals surface area contributed by atoms with Crippen LogP contribution < -0.4 is 4.74 Å². The molecule has 0 aliphatic carbocycles. The topological polar surface area (TPSA) is 36.3 Å². The van der Waals surface area contributed by atoms with E-state index < -0.39 is 0 Å². The summed E-state index contributed by atoms with van der Waals surface area (Å²) in [6, 6.07) is 16.5. The third-order valence-corrected chi connectivity index (χ3v) is 3.70. The highest BCUT2D eigenvalue weighted by atomic mass is 16.6. The average Bonchev–Trinajstić information content (AvgIpc) is 2.87. The zero-order chi connectivity index (χ0) is 14.1. The number of hydrogen-bond donors (Lipinski definition) is 0. The maximum Gasteiger partial charge on any atom is 0.145 e. The standard InChI is InChI=1S/C17H16N2O2/c1-2-4-13(5-3-1)9-19-12-18-16-8-14(6-7-17(16)19)21-15-10-20-11-15/h1-8,12,15H,9-11H2. The van der Waals surface area contributed by atoms with Gasteiger partial charge in [-0.25, -0.2) is 4.98 Å². The van der Waals surface area contributed by atoms with E-state index in [1.165, 1.54) is 5.56 Å². The van der Waals surface area contributed by atoms with Crippen molar-refractivity contribution in [1.29, 1.82) is 0 Å². The highest BCUT2D eigenvalue weighted by molar-refractivity contribution is 5.77. The minimum Gasteiger partial charge on any atom is -0.486 e. The summed E-state index contributed by atoms with van der Waals surface area (Å²) in [5.74, 6) is 0.862. The second-order valence-electron chi connectivity index (χ2n) is 5.29. The van der Waals surface area contributed by atoms with E-state index in [1.807, 2.05) is 24.5 Å². The van der Waals surface area contributed by atoms with Crippen molar-refractivity contribution in [2.24, 2.45) is 0 Å². The molecular formula is C17H16N2O2. The van der Waals surface area contributed by atoms with Crippen LogP contribution in [0.4, 0.5) is 0 Å². The second kappa shape index (κ2) is 5.22. The van der Waals surface area contributed by atoms with E-state index in [9.17, 15) is 0 Å². The van der Waals surface area contributed by atoms with Gasteiger partial charge >= 0.3 is 0 Å². The summed E-state index contributed by atoms with van der Waals surface area (Å²) in [5.41, 5.74) is 3.35. The molecule has 4 rings (SSSR count). The molecule has 0 atom stereocenters. The van der Waals surface area contributed by atoms with Gasteiger partial charge in [-0.15, -0.1) is 0 Å². The molecule has 1 aromatic heterocycles. The molecule has 21 heavy (non-hydrogen) atoms. The van der Waals surface area contributed by atoms with E-state index in [-0.39, 0.29) is 6.10 Å². The Hall–Kier alpha value is -2.33. The minimum absolute atomic E-state index is 0.189. The van der Waals surface area contributed by atoms with Gasteiger partial charge in [0.2, 0.25) is 0 Å². The average molecular weight is 280 g/mol. The molecule has 0 saturated carbocycles. The number of fused-ring (bicyclic) bond motifs is 1. The first-order chi connectivity index (χ1) is 10.4. The van der Waals surface area contributed by atoms with Crippen LogP contribution in [0.3, 0.4) is 0 Å². The van der Waals surface area contributed by atoms with E-state index in [4.69, 9.17) is 9.47 Å². The molecule has 0 unspecified atom stereocenters. The smallest absolute Gasteiger partial charge is 0.145 e. The number of hydrogen-bond acceptors (Lipinski definition) is 3. The van der Waals surface area contributed by atoms with Crippen molar-refractivity contribution in [1.82, 2.24) is 9.55 Å². The zero-order valence-corrected chi connectivity index (χ0v) is 11.6. The summed E-state index contributed by atoms with van der Waals surface area (Å²) in [6.45, 7) is 2.19. The molecule has 0 radical (unpaired) electrons. The fourth-order valence-electron chi connectivity index (χ4n) is 2.50. The molecule has 4 heteroatoms. The Bertz CT molecular complexity index is 748.